The first-order valence-electron chi connectivity index (χ1n) is 6.53. The van der Waals surface area contributed by atoms with Crippen molar-refractivity contribution in [3.8, 4) is 11.3 Å². The number of nitrogens with zero attached hydrogens (tertiary/aromatic N) is 1. The Balaban J connectivity index is 0.00000176. The molecule has 1 amide bonds. The molecule has 0 fully saturated rings. The molecule has 4 nitrogen and oxygen atoms in total. The number of amides is 1. The number of oxazole rings is 1. The Morgan fingerprint density at radius 1 is 1.23 bits per heavy atom. The van der Waals surface area contributed by atoms with Crippen LogP contribution >= 0.6 is 0 Å². The number of nitrogens with one attached hydrogen (secondary N) is 1. The topological polar surface area (TPSA) is 55.1 Å². The number of hydrogen-bond acceptors (Lipinski definition) is 3. The van der Waals surface area contributed by atoms with Gasteiger partial charge >= 0.3 is 5.91 Å². The first-order valence-corrected chi connectivity index (χ1v) is 6.53. The summed E-state index contributed by atoms with van der Waals surface area (Å²) in [4.78, 5) is 16.2. The number of aromatic nitrogens is 1. The molecule has 3 rings (SSSR count). The molecule has 0 spiro atoms. The maximum atomic E-state index is 12.1. The molecule has 0 saturated carbocycles. The van der Waals surface area contributed by atoms with Crippen molar-refractivity contribution < 1.29 is 41.9 Å². The molecule has 0 aliphatic rings. The fraction of sp³-hybridized carbons (Fsp3) is 0.0588. The number of carbonyl (C=O) groups is 1. The van der Waals surface area contributed by atoms with Gasteiger partial charge in [0, 0.05) is 38.3 Å². The molecule has 0 bridgehead atoms. The monoisotopic (exact) mass is 366 g/mol. The van der Waals surface area contributed by atoms with Crippen LogP contribution in [0, 0.1) is 13.0 Å². The average molecular weight is 366 g/mol. The van der Waals surface area contributed by atoms with E-state index in [1.54, 1.807) is 24.4 Å². The number of hydrogen-bond donors (Lipinski definition) is 1. The summed E-state index contributed by atoms with van der Waals surface area (Å²) in [6, 6.07) is 17.8. The first kappa shape index (κ1) is 16.6. The van der Waals surface area contributed by atoms with Crippen LogP contribution in [0.25, 0.3) is 11.3 Å². The fourth-order valence-corrected chi connectivity index (χ4v) is 1.94. The molecule has 1 heterocycles. The van der Waals surface area contributed by atoms with Gasteiger partial charge in [-0.3, -0.25) is 4.79 Å². The second-order valence-corrected chi connectivity index (χ2v) is 4.59. The summed E-state index contributed by atoms with van der Waals surface area (Å²) in [5.74, 6) is 0.242. The van der Waals surface area contributed by atoms with Gasteiger partial charge in [0.15, 0.2) is 5.76 Å². The van der Waals surface area contributed by atoms with Crippen LogP contribution < -0.4 is 5.32 Å². The molecule has 0 saturated heterocycles. The van der Waals surface area contributed by atoms with Gasteiger partial charge in [0.1, 0.15) is 0 Å². The average Bonchev–Trinajstić information content (AvgIpc) is 3.00. The van der Waals surface area contributed by atoms with E-state index in [0.29, 0.717) is 5.76 Å². The van der Waals surface area contributed by atoms with E-state index in [1.165, 1.54) is 0 Å². The standard InChI is InChI=1S/C17H13N2O2.Y/c1-12-7-5-6-10-14(12)19-16(20)17-18-11-15(21-17)13-8-3-2-4-9-13;/h2-4,6-11H,1H3,(H,19,20);/q-1;. The van der Waals surface area contributed by atoms with E-state index in [2.05, 4.69) is 16.4 Å². The van der Waals surface area contributed by atoms with Crippen molar-refractivity contribution in [2.45, 2.75) is 6.92 Å². The Morgan fingerprint density at radius 2 is 2.00 bits per heavy atom. The van der Waals surface area contributed by atoms with Gasteiger partial charge in [0.05, 0.1) is 6.20 Å². The van der Waals surface area contributed by atoms with Crippen molar-refractivity contribution in [3.63, 3.8) is 0 Å². The van der Waals surface area contributed by atoms with Crippen molar-refractivity contribution in [2.24, 2.45) is 0 Å². The summed E-state index contributed by atoms with van der Waals surface area (Å²) >= 11 is 0. The second-order valence-electron chi connectivity index (χ2n) is 4.59. The summed E-state index contributed by atoms with van der Waals surface area (Å²) in [5, 5.41) is 2.78. The predicted molar refractivity (Wildman–Crippen MR) is 79.9 cm³/mol. The third-order valence-corrected chi connectivity index (χ3v) is 3.08. The van der Waals surface area contributed by atoms with Gasteiger partial charge in [0.2, 0.25) is 0 Å². The minimum absolute atomic E-state index is 0. The van der Waals surface area contributed by atoms with Crippen LogP contribution in [-0.4, -0.2) is 10.9 Å². The Kier molecular flexibility index (Phi) is 5.64. The summed E-state index contributed by atoms with van der Waals surface area (Å²) in [7, 11) is 0. The van der Waals surface area contributed by atoms with Crippen LogP contribution in [0.15, 0.2) is 59.1 Å². The molecule has 1 aromatic heterocycles. The van der Waals surface area contributed by atoms with Crippen molar-refractivity contribution >= 4 is 11.6 Å². The van der Waals surface area contributed by atoms with E-state index in [1.807, 2.05) is 37.3 Å². The maximum absolute atomic E-state index is 12.1. The molecule has 5 heteroatoms. The molecule has 0 aliphatic carbocycles. The third-order valence-electron chi connectivity index (χ3n) is 3.08. The Labute approximate surface area is 153 Å². The normalized spacial score (nSPS) is 9.86. The number of benzene rings is 2. The quantitative estimate of drug-likeness (QED) is 0.720. The van der Waals surface area contributed by atoms with E-state index in [0.717, 1.165) is 16.8 Å². The molecule has 0 unspecified atom stereocenters. The number of carbonyl (C=O) groups excluding carboxylic acids is 1. The maximum Gasteiger partial charge on any atom is 0.309 e. The van der Waals surface area contributed by atoms with E-state index in [-0.39, 0.29) is 44.5 Å². The van der Waals surface area contributed by atoms with E-state index in [9.17, 15) is 4.79 Å². The summed E-state index contributed by atoms with van der Waals surface area (Å²) in [5.41, 5.74) is 2.54. The second kappa shape index (κ2) is 7.48. The molecule has 0 atom stereocenters. The van der Waals surface area contributed by atoms with Crippen molar-refractivity contribution in [1.82, 2.24) is 4.98 Å². The SMILES string of the molecule is Cc1c[c-]ccc1NC(=O)c1ncc(-c2ccccc2)o1.[Y]. The molecule has 22 heavy (non-hydrogen) atoms. The molecular formula is C17H13N2O2Y-. The molecular weight excluding hydrogens is 353 g/mol. The Morgan fingerprint density at radius 3 is 2.73 bits per heavy atom. The molecule has 3 aromatic rings. The zero-order valence-corrected chi connectivity index (χ0v) is 14.9. The summed E-state index contributed by atoms with van der Waals surface area (Å²) in [6.45, 7) is 1.90. The summed E-state index contributed by atoms with van der Waals surface area (Å²) in [6.07, 6.45) is 1.55. The summed E-state index contributed by atoms with van der Waals surface area (Å²) < 4.78 is 5.51. The van der Waals surface area contributed by atoms with Gasteiger partial charge in [-0.05, 0) is 0 Å². The van der Waals surface area contributed by atoms with E-state index in [4.69, 9.17) is 4.42 Å². The van der Waals surface area contributed by atoms with Crippen LogP contribution in [-0.2, 0) is 32.7 Å². The minimum atomic E-state index is -0.369. The number of anilines is 1. The predicted octanol–water partition coefficient (Wildman–Crippen LogP) is 3.70. The largest absolute Gasteiger partial charge is 0.432 e. The van der Waals surface area contributed by atoms with Gasteiger partial charge in [-0.2, -0.15) is 18.2 Å². The molecule has 2 aromatic carbocycles. The van der Waals surface area contributed by atoms with Crippen LogP contribution in [0.2, 0.25) is 0 Å². The molecule has 1 N–H and O–H groups in total. The zero-order chi connectivity index (χ0) is 14.7. The number of aryl methyl sites for hydroxylation is 1. The van der Waals surface area contributed by atoms with Gasteiger partial charge in [-0.15, -0.1) is 11.6 Å². The van der Waals surface area contributed by atoms with Crippen LogP contribution in [0.5, 0.6) is 0 Å². The van der Waals surface area contributed by atoms with Crippen molar-refractivity contribution in [2.75, 3.05) is 5.32 Å². The van der Waals surface area contributed by atoms with E-state index >= 15 is 0 Å². The van der Waals surface area contributed by atoms with Crippen LogP contribution in [0.1, 0.15) is 16.2 Å². The molecule has 107 valence electrons. The Hall–Kier alpha value is -1.78. The van der Waals surface area contributed by atoms with Crippen molar-refractivity contribution in [3.05, 3.63) is 72.2 Å². The van der Waals surface area contributed by atoms with Gasteiger partial charge in [0.25, 0.3) is 5.89 Å². The Bertz CT molecular complexity index is 769. The number of rotatable bonds is 3. The van der Waals surface area contributed by atoms with Gasteiger partial charge < -0.3 is 9.73 Å². The molecule has 1 radical (unpaired) electrons. The third kappa shape index (κ3) is 3.70. The smallest absolute Gasteiger partial charge is 0.309 e. The van der Waals surface area contributed by atoms with Gasteiger partial charge in [-0.1, -0.05) is 42.9 Å². The van der Waals surface area contributed by atoms with Crippen molar-refractivity contribution in [1.29, 1.82) is 0 Å². The fourth-order valence-electron chi connectivity index (χ4n) is 1.94. The zero-order valence-electron chi connectivity index (χ0n) is 12.0. The van der Waals surface area contributed by atoms with E-state index < -0.39 is 0 Å². The minimum Gasteiger partial charge on any atom is -0.432 e. The van der Waals surface area contributed by atoms with Crippen LogP contribution in [0.3, 0.4) is 0 Å². The van der Waals surface area contributed by atoms with Crippen LogP contribution in [0.4, 0.5) is 5.69 Å². The molecule has 0 aliphatic heterocycles. The first-order chi connectivity index (χ1) is 10.2. The van der Waals surface area contributed by atoms with Gasteiger partial charge in [-0.25, -0.2) is 4.98 Å².